The lowest BCUT2D eigenvalue weighted by molar-refractivity contribution is 0.476. The van der Waals surface area contributed by atoms with Gasteiger partial charge >= 0.3 is 0 Å². The Balaban J connectivity index is 2.08. The lowest BCUT2D eigenvalue weighted by atomic mass is 10.00. The van der Waals surface area contributed by atoms with Crippen molar-refractivity contribution in [3.8, 4) is 0 Å². The monoisotopic (exact) mass is 180 g/mol. The van der Waals surface area contributed by atoms with Gasteiger partial charge in [0.15, 0.2) is 4.90 Å². The van der Waals surface area contributed by atoms with Crippen molar-refractivity contribution in [3.05, 3.63) is 30.3 Å². The summed E-state index contributed by atoms with van der Waals surface area (Å²) >= 11 is -0.741. The van der Waals surface area contributed by atoms with Crippen molar-refractivity contribution in [2.45, 2.75) is 29.4 Å². The van der Waals surface area contributed by atoms with E-state index in [1.165, 1.54) is 6.42 Å². The van der Waals surface area contributed by atoms with E-state index in [-0.39, 0.29) is 0 Å². The Morgan fingerprint density at radius 2 is 1.83 bits per heavy atom. The van der Waals surface area contributed by atoms with Gasteiger partial charge in [-0.05, 0) is 42.6 Å². The summed E-state index contributed by atoms with van der Waals surface area (Å²) in [5.74, 6) is 0. The van der Waals surface area contributed by atoms with Crippen LogP contribution in [0.15, 0.2) is 35.2 Å². The highest BCUT2D eigenvalue weighted by atomic mass is 32.2. The quantitative estimate of drug-likeness (QED) is 0.641. The molecular weight excluding hydrogens is 168 g/mol. The molecule has 0 spiro atoms. The van der Waals surface area contributed by atoms with Gasteiger partial charge in [-0.1, -0.05) is 18.2 Å². The van der Waals surface area contributed by atoms with Gasteiger partial charge in [0.25, 0.3) is 0 Å². The van der Waals surface area contributed by atoms with Gasteiger partial charge in [-0.15, -0.1) is 0 Å². The molecule has 0 aromatic heterocycles. The molecule has 0 aliphatic heterocycles. The summed E-state index contributed by atoms with van der Waals surface area (Å²) in [6.45, 7) is 0. The van der Waals surface area contributed by atoms with Crippen LogP contribution in [-0.2, 0) is 11.2 Å². The van der Waals surface area contributed by atoms with Crippen LogP contribution in [0.3, 0.4) is 0 Å². The van der Waals surface area contributed by atoms with Gasteiger partial charge in [-0.3, -0.25) is 0 Å². The van der Waals surface area contributed by atoms with Gasteiger partial charge in [0.1, 0.15) is 5.25 Å². The molecule has 1 unspecified atom stereocenters. The highest BCUT2D eigenvalue weighted by Gasteiger charge is 2.30. The van der Waals surface area contributed by atoms with E-state index in [9.17, 15) is 4.55 Å². The summed E-state index contributed by atoms with van der Waals surface area (Å²) < 4.78 is 11.7. The minimum atomic E-state index is -0.741. The molecule has 1 saturated carbocycles. The largest absolute Gasteiger partial charge is 0.611 e. The fraction of sp³-hybridized carbons (Fsp3) is 0.400. The fourth-order valence-electron chi connectivity index (χ4n) is 1.33. The van der Waals surface area contributed by atoms with Crippen LogP contribution in [0.2, 0.25) is 0 Å². The van der Waals surface area contributed by atoms with E-state index in [1.807, 2.05) is 30.3 Å². The molecule has 12 heavy (non-hydrogen) atoms. The van der Waals surface area contributed by atoms with Crippen molar-refractivity contribution in [1.82, 2.24) is 0 Å². The van der Waals surface area contributed by atoms with Gasteiger partial charge in [0, 0.05) is 0 Å². The smallest absolute Gasteiger partial charge is 0.152 e. The molecule has 0 N–H and O–H groups in total. The predicted molar refractivity (Wildman–Crippen MR) is 50.5 cm³/mol. The molecule has 1 atom stereocenters. The molecule has 0 radical (unpaired) electrons. The van der Waals surface area contributed by atoms with E-state index in [0.717, 1.165) is 17.7 Å². The number of hydrogen-bond donors (Lipinski definition) is 0. The minimum Gasteiger partial charge on any atom is -0.611 e. The summed E-state index contributed by atoms with van der Waals surface area (Å²) in [6, 6.07) is 9.77. The zero-order valence-electron chi connectivity index (χ0n) is 6.90. The molecule has 0 bridgehead atoms. The topological polar surface area (TPSA) is 23.1 Å². The number of rotatable bonds is 2. The second-order valence-electron chi connectivity index (χ2n) is 3.16. The standard InChI is InChI=1S/C10H12OS/c11-12(10-7-4-8-10)9-5-2-1-3-6-9/h1-3,5-6,10H,4,7-8H2. The zero-order valence-corrected chi connectivity index (χ0v) is 7.72. The summed E-state index contributed by atoms with van der Waals surface area (Å²) in [5, 5.41) is 0.437. The summed E-state index contributed by atoms with van der Waals surface area (Å²) in [7, 11) is 0. The maximum absolute atomic E-state index is 11.7. The van der Waals surface area contributed by atoms with E-state index in [4.69, 9.17) is 0 Å². The molecule has 2 rings (SSSR count). The second-order valence-corrected chi connectivity index (χ2v) is 4.90. The van der Waals surface area contributed by atoms with E-state index < -0.39 is 11.2 Å². The number of benzene rings is 1. The van der Waals surface area contributed by atoms with Crippen molar-refractivity contribution in [2.24, 2.45) is 0 Å². The predicted octanol–water partition coefficient (Wildman–Crippen LogP) is 2.35. The molecule has 1 aliphatic rings. The Morgan fingerprint density at radius 3 is 2.33 bits per heavy atom. The van der Waals surface area contributed by atoms with Crippen LogP contribution in [0.4, 0.5) is 0 Å². The third-order valence-electron chi connectivity index (χ3n) is 2.33. The van der Waals surface area contributed by atoms with Gasteiger partial charge < -0.3 is 4.55 Å². The van der Waals surface area contributed by atoms with Crippen molar-refractivity contribution in [2.75, 3.05) is 0 Å². The van der Waals surface area contributed by atoms with Crippen LogP contribution in [0.25, 0.3) is 0 Å². The number of hydrogen-bond acceptors (Lipinski definition) is 1. The Kier molecular flexibility index (Phi) is 2.38. The van der Waals surface area contributed by atoms with Gasteiger partial charge in [0.05, 0.1) is 0 Å². The van der Waals surface area contributed by atoms with Crippen LogP contribution in [0.1, 0.15) is 19.3 Å². The fourth-order valence-corrected chi connectivity index (χ4v) is 2.90. The van der Waals surface area contributed by atoms with E-state index >= 15 is 0 Å². The van der Waals surface area contributed by atoms with Crippen LogP contribution >= 0.6 is 0 Å². The van der Waals surface area contributed by atoms with Crippen molar-refractivity contribution < 1.29 is 4.55 Å². The van der Waals surface area contributed by atoms with Crippen LogP contribution < -0.4 is 0 Å². The molecule has 0 amide bonds. The minimum absolute atomic E-state index is 0.437. The first-order valence-corrected chi connectivity index (χ1v) is 5.55. The average Bonchev–Trinajstić information content (AvgIpc) is 2.03. The lowest BCUT2D eigenvalue weighted by Crippen LogP contribution is -2.28. The Hall–Kier alpha value is -0.470. The first-order valence-electron chi connectivity index (χ1n) is 4.33. The Bertz CT molecular complexity index is 243. The molecule has 1 nitrogen and oxygen atoms in total. The molecular formula is C10H12OS. The normalized spacial score (nSPS) is 20.1. The third-order valence-corrected chi connectivity index (χ3v) is 4.14. The van der Waals surface area contributed by atoms with Crippen LogP contribution in [-0.4, -0.2) is 9.80 Å². The van der Waals surface area contributed by atoms with Crippen molar-refractivity contribution in [3.63, 3.8) is 0 Å². The van der Waals surface area contributed by atoms with Gasteiger partial charge in [0.2, 0.25) is 0 Å². The van der Waals surface area contributed by atoms with E-state index in [0.29, 0.717) is 5.25 Å². The van der Waals surface area contributed by atoms with Gasteiger partial charge in [-0.25, -0.2) is 0 Å². The molecule has 64 valence electrons. The first-order chi connectivity index (χ1) is 5.88. The SMILES string of the molecule is [O-][S+](c1ccccc1)C1CCC1. The molecule has 0 heterocycles. The maximum atomic E-state index is 11.7. The van der Waals surface area contributed by atoms with Crippen LogP contribution in [0.5, 0.6) is 0 Å². The average molecular weight is 180 g/mol. The van der Waals surface area contributed by atoms with Crippen molar-refractivity contribution in [1.29, 1.82) is 0 Å². The lowest BCUT2D eigenvalue weighted by Gasteiger charge is -2.27. The second kappa shape index (κ2) is 3.50. The molecule has 2 heteroatoms. The third kappa shape index (κ3) is 1.50. The summed E-state index contributed by atoms with van der Waals surface area (Å²) in [5.41, 5.74) is 0. The first kappa shape index (κ1) is 8.14. The van der Waals surface area contributed by atoms with Gasteiger partial charge in [-0.2, -0.15) is 0 Å². The molecule has 1 aromatic rings. The Morgan fingerprint density at radius 1 is 1.17 bits per heavy atom. The molecule has 1 fully saturated rings. The summed E-state index contributed by atoms with van der Waals surface area (Å²) in [4.78, 5) is 0.988. The van der Waals surface area contributed by atoms with Crippen LogP contribution in [0, 0.1) is 0 Å². The maximum Gasteiger partial charge on any atom is 0.152 e. The molecule has 1 aliphatic carbocycles. The molecule has 0 saturated heterocycles. The summed E-state index contributed by atoms with van der Waals surface area (Å²) in [6.07, 6.45) is 3.53. The van der Waals surface area contributed by atoms with E-state index in [1.54, 1.807) is 0 Å². The van der Waals surface area contributed by atoms with E-state index in [2.05, 4.69) is 0 Å². The highest BCUT2D eigenvalue weighted by molar-refractivity contribution is 7.92. The molecule has 1 aromatic carbocycles. The van der Waals surface area contributed by atoms with Crippen molar-refractivity contribution >= 4 is 11.2 Å². The highest BCUT2D eigenvalue weighted by Crippen LogP contribution is 2.30. The Labute approximate surface area is 76.0 Å². The zero-order chi connectivity index (χ0) is 8.39.